The smallest absolute Gasteiger partial charge is 0.330 e. The number of rotatable bonds is 22. The first-order valence-corrected chi connectivity index (χ1v) is 22.6. The van der Waals surface area contributed by atoms with Crippen LogP contribution in [-0.4, -0.2) is 38.8 Å². The molecule has 0 radical (unpaired) electrons. The molecule has 3 rings (SSSR count). The highest BCUT2D eigenvalue weighted by Gasteiger charge is 2.29. The van der Waals surface area contributed by atoms with Crippen LogP contribution in [0, 0.1) is 0 Å². The Morgan fingerprint density at radius 1 is 0.448 bits per heavy atom. The lowest BCUT2D eigenvalue weighted by Crippen LogP contribution is -2.22. The van der Waals surface area contributed by atoms with Crippen molar-refractivity contribution < 1.29 is 19.7 Å². The molecule has 0 amide bonds. The van der Waals surface area contributed by atoms with Crippen LogP contribution in [0.3, 0.4) is 0 Å². The van der Waals surface area contributed by atoms with Crippen molar-refractivity contribution in [2.45, 2.75) is 214 Å². The van der Waals surface area contributed by atoms with E-state index in [2.05, 4.69) is 95.0 Å². The lowest BCUT2D eigenvalue weighted by atomic mass is 9.79. The van der Waals surface area contributed by atoms with Crippen molar-refractivity contribution in [2.24, 2.45) is 0 Å². The van der Waals surface area contributed by atoms with Crippen molar-refractivity contribution >= 4 is 5.95 Å². The summed E-state index contributed by atoms with van der Waals surface area (Å²) in [5, 5.41) is 22.7. The summed E-state index contributed by atoms with van der Waals surface area (Å²) in [6, 6.07) is 7.71. The zero-order chi connectivity index (χ0) is 43.3. The van der Waals surface area contributed by atoms with Gasteiger partial charge in [-0.3, -0.25) is 0 Å². The molecule has 0 aliphatic carbocycles. The van der Waals surface area contributed by atoms with Crippen LogP contribution < -0.4 is 14.4 Å². The van der Waals surface area contributed by atoms with Crippen LogP contribution in [0.2, 0.25) is 0 Å². The molecular formula is C50H82N4O4. The predicted molar refractivity (Wildman–Crippen MR) is 244 cm³/mol. The van der Waals surface area contributed by atoms with Crippen LogP contribution in [0.25, 0.3) is 0 Å². The van der Waals surface area contributed by atoms with Crippen LogP contribution >= 0.6 is 0 Å². The molecule has 0 atom stereocenters. The number of phenols is 2. The average Bonchev–Trinajstić information content (AvgIpc) is 3.10. The van der Waals surface area contributed by atoms with E-state index in [0.29, 0.717) is 17.4 Å². The summed E-state index contributed by atoms with van der Waals surface area (Å²) in [4.78, 5) is 16.3. The first kappa shape index (κ1) is 48.8. The standard InChI is InChI=1S/C50H82N4O4/c1-15-16-17-18-19-20-21-22-23-24-25-26-27-28-29-30-31-54(14)44-51-45(57-36-32-38(47(2,3)4)42(55)39(33-36)48(5,6)7)53-46(52-44)58-37-34-40(49(8,9)10)43(56)41(35-37)50(11,12)13/h32-35,55-56H,15-31H2,1-14H3. The number of hydrogen-bond acceptors (Lipinski definition) is 8. The largest absolute Gasteiger partial charge is 0.507 e. The molecule has 1 aromatic heterocycles. The van der Waals surface area contributed by atoms with E-state index in [4.69, 9.17) is 19.4 Å². The second-order valence-electron chi connectivity index (χ2n) is 20.9. The lowest BCUT2D eigenvalue weighted by Gasteiger charge is -2.28. The molecule has 0 unspecified atom stereocenters. The number of phenolic OH excluding ortho intramolecular Hbond substituents is 2. The number of benzene rings is 2. The minimum atomic E-state index is -0.330. The average molecular weight is 803 g/mol. The lowest BCUT2D eigenvalue weighted by molar-refractivity contribution is 0.384. The highest BCUT2D eigenvalue weighted by molar-refractivity contribution is 5.54. The summed E-state index contributed by atoms with van der Waals surface area (Å²) in [6.45, 7) is 28.0. The van der Waals surface area contributed by atoms with Crippen molar-refractivity contribution in [1.29, 1.82) is 0 Å². The van der Waals surface area contributed by atoms with Crippen LogP contribution in [0.15, 0.2) is 24.3 Å². The molecule has 3 aromatic rings. The van der Waals surface area contributed by atoms with Crippen LogP contribution in [0.5, 0.6) is 35.0 Å². The Hall–Kier alpha value is -3.55. The summed E-state index contributed by atoms with van der Waals surface area (Å²) >= 11 is 0. The Morgan fingerprint density at radius 2 is 0.724 bits per heavy atom. The fourth-order valence-corrected chi connectivity index (χ4v) is 7.42. The van der Waals surface area contributed by atoms with Gasteiger partial charge in [-0.25, -0.2) is 0 Å². The van der Waals surface area contributed by atoms with Gasteiger partial charge in [-0.1, -0.05) is 186 Å². The Balaban J connectivity index is 1.78. The van der Waals surface area contributed by atoms with Gasteiger partial charge in [0, 0.05) is 35.8 Å². The minimum Gasteiger partial charge on any atom is -0.507 e. The predicted octanol–water partition coefficient (Wildman–Crippen LogP) is 14.8. The third kappa shape index (κ3) is 15.6. The maximum absolute atomic E-state index is 11.3. The van der Waals surface area contributed by atoms with Crippen molar-refractivity contribution in [2.75, 3.05) is 18.5 Å². The molecule has 2 N–H and O–H groups in total. The van der Waals surface area contributed by atoms with Crippen molar-refractivity contribution in [1.82, 2.24) is 15.0 Å². The molecule has 0 saturated carbocycles. The zero-order valence-electron chi connectivity index (χ0n) is 39.3. The molecule has 58 heavy (non-hydrogen) atoms. The van der Waals surface area contributed by atoms with E-state index < -0.39 is 0 Å². The number of aromatic nitrogens is 3. The van der Waals surface area contributed by atoms with E-state index in [1.165, 1.54) is 89.9 Å². The number of anilines is 1. The van der Waals surface area contributed by atoms with E-state index >= 15 is 0 Å². The molecule has 2 aromatic carbocycles. The maximum Gasteiger partial charge on any atom is 0.330 e. The fourth-order valence-electron chi connectivity index (χ4n) is 7.42. The summed E-state index contributed by atoms with van der Waals surface area (Å²) in [6.07, 6.45) is 21.3. The van der Waals surface area contributed by atoms with Crippen LogP contribution in [0.4, 0.5) is 5.95 Å². The number of unbranched alkanes of at least 4 members (excludes halogenated alkanes) is 15. The normalized spacial score (nSPS) is 12.6. The number of aromatic hydroxyl groups is 2. The molecule has 0 aliphatic heterocycles. The van der Waals surface area contributed by atoms with E-state index in [1.54, 1.807) is 0 Å². The van der Waals surface area contributed by atoms with Crippen molar-refractivity contribution in [3.8, 4) is 35.0 Å². The second-order valence-corrected chi connectivity index (χ2v) is 20.9. The first-order valence-electron chi connectivity index (χ1n) is 22.6. The van der Waals surface area contributed by atoms with Gasteiger partial charge in [-0.05, 0) is 52.3 Å². The molecule has 0 aliphatic rings. The van der Waals surface area contributed by atoms with Crippen molar-refractivity contribution in [3.63, 3.8) is 0 Å². The SMILES string of the molecule is CCCCCCCCCCCCCCCCCCN(C)c1nc(Oc2cc(C(C)(C)C)c(O)c(C(C)(C)C)c2)nc(Oc2cc(C(C)(C)C)c(O)c(C(C)(C)C)c2)n1. The molecule has 0 spiro atoms. The highest BCUT2D eigenvalue weighted by Crippen LogP contribution is 2.44. The van der Waals surface area contributed by atoms with E-state index in [9.17, 15) is 10.2 Å². The summed E-state index contributed by atoms with van der Waals surface area (Å²) < 4.78 is 12.9. The first-order chi connectivity index (χ1) is 27.0. The monoisotopic (exact) mass is 803 g/mol. The third-order valence-electron chi connectivity index (χ3n) is 11.1. The topological polar surface area (TPSA) is 101 Å². The molecule has 8 nitrogen and oxygen atoms in total. The molecule has 1 heterocycles. The molecular weight excluding hydrogens is 721 g/mol. The quantitative estimate of drug-likeness (QED) is 0.0969. The van der Waals surface area contributed by atoms with Crippen molar-refractivity contribution in [3.05, 3.63) is 46.5 Å². The van der Waals surface area contributed by atoms with Gasteiger partial charge in [0.2, 0.25) is 5.95 Å². The van der Waals surface area contributed by atoms with E-state index in [0.717, 1.165) is 41.6 Å². The van der Waals surface area contributed by atoms with Crippen LogP contribution in [-0.2, 0) is 21.7 Å². The Labute approximate surface area is 354 Å². The number of hydrogen-bond donors (Lipinski definition) is 2. The minimum absolute atomic E-state index is 0.107. The molecule has 0 saturated heterocycles. The van der Waals surface area contributed by atoms with Crippen LogP contribution in [0.1, 0.15) is 215 Å². The molecule has 0 fully saturated rings. The second kappa shape index (κ2) is 21.6. The van der Waals surface area contributed by atoms with Gasteiger partial charge in [0.25, 0.3) is 0 Å². The summed E-state index contributed by atoms with van der Waals surface area (Å²) in [5.74, 6) is 2.08. The Bertz CT molecular complexity index is 1540. The fraction of sp³-hybridized carbons (Fsp3) is 0.700. The van der Waals surface area contributed by atoms with Gasteiger partial charge < -0.3 is 24.6 Å². The number of ether oxygens (including phenoxy) is 2. The Morgan fingerprint density at radius 3 is 1.00 bits per heavy atom. The highest BCUT2D eigenvalue weighted by atomic mass is 16.5. The van der Waals surface area contributed by atoms with Gasteiger partial charge in [0.15, 0.2) is 0 Å². The maximum atomic E-state index is 11.3. The van der Waals surface area contributed by atoms with Gasteiger partial charge in [0.05, 0.1) is 0 Å². The molecule has 8 heteroatoms. The van der Waals surface area contributed by atoms with Gasteiger partial charge >= 0.3 is 12.0 Å². The van der Waals surface area contributed by atoms with Gasteiger partial charge in [-0.2, -0.15) is 9.97 Å². The Kier molecular flexibility index (Phi) is 18.2. The number of nitrogens with zero attached hydrogens (tertiary/aromatic N) is 4. The molecule has 0 bridgehead atoms. The molecule has 326 valence electrons. The van der Waals surface area contributed by atoms with Gasteiger partial charge in [0.1, 0.15) is 23.0 Å². The van der Waals surface area contributed by atoms with E-state index in [1.807, 2.05) is 36.2 Å². The van der Waals surface area contributed by atoms with Gasteiger partial charge in [-0.15, -0.1) is 4.98 Å². The zero-order valence-corrected chi connectivity index (χ0v) is 39.3. The van der Waals surface area contributed by atoms with E-state index in [-0.39, 0.29) is 45.2 Å². The summed E-state index contributed by atoms with van der Waals surface area (Å²) in [5.41, 5.74) is 1.83. The third-order valence-corrected chi connectivity index (χ3v) is 11.1. The summed E-state index contributed by atoms with van der Waals surface area (Å²) in [7, 11) is 2.00.